The molecular weight excluding hydrogens is 264 g/mol. The van der Waals surface area contributed by atoms with Gasteiger partial charge in [0.1, 0.15) is 5.54 Å². The van der Waals surface area contributed by atoms with E-state index in [1.165, 1.54) is 26.6 Å². The quantitative estimate of drug-likeness (QED) is 0.809. The highest BCUT2D eigenvalue weighted by molar-refractivity contribution is 5.81. The minimum absolute atomic E-state index is 0.0860. The van der Waals surface area contributed by atoms with Crippen LogP contribution in [0.4, 0.5) is 0 Å². The van der Waals surface area contributed by atoms with Gasteiger partial charge in [-0.1, -0.05) is 13.8 Å². The summed E-state index contributed by atoms with van der Waals surface area (Å²) >= 11 is 0. The van der Waals surface area contributed by atoms with E-state index in [0.717, 1.165) is 31.1 Å². The summed E-state index contributed by atoms with van der Waals surface area (Å²) in [7, 11) is 1.50. The summed E-state index contributed by atoms with van der Waals surface area (Å²) in [5.74, 6) is 1.49. The van der Waals surface area contributed by atoms with Crippen LogP contribution in [0.15, 0.2) is 0 Å². The van der Waals surface area contributed by atoms with Crippen LogP contribution in [-0.4, -0.2) is 48.7 Å². The van der Waals surface area contributed by atoms with Crippen molar-refractivity contribution in [2.24, 2.45) is 11.8 Å². The Hall–Kier alpha value is -0.610. The van der Waals surface area contributed by atoms with Gasteiger partial charge in [0.15, 0.2) is 0 Å². The Morgan fingerprint density at radius 3 is 2.57 bits per heavy atom. The lowest BCUT2D eigenvalue weighted by Crippen LogP contribution is -2.55. The Kier molecular flexibility index (Phi) is 5.31. The van der Waals surface area contributed by atoms with Gasteiger partial charge in [0.05, 0.1) is 7.11 Å². The highest BCUT2D eigenvalue weighted by atomic mass is 16.5. The maximum Gasteiger partial charge on any atom is 0.326 e. The van der Waals surface area contributed by atoms with Gasteiger partial charge in [-0.15, -0.1) is 0 Å². The standard InChI is InChI=1S/C17H32N2O2/c1-12(2)18-17(16(20)21-5)8-6-15(10-17)19-9-7-13(3)14(4)11-19/h12-15,18H,6-11H2,1-5H3. The van der Waals surface area contributed by atoms with Gasteiger partial charge in [-0.25, -0.2) is 0 Å². The van der Waals surface area contributed by atoms with E-state index in [-0.39, 0.29) is 5.97 Å². The number of esters is 1. The van der Waals surface area contributed by atoms with Crippen LogP contribution in [0.2, 0.25) is 0 Å². The lowest BCUT2D eigenvalue weighted by atomic mass is 9.87. The molecular formula is C17H32N2O2. The molecule has 0 spiro atoms. The van der Waals surface area contributed by atoms with Crippen LogP contribution in [0, 0.1) is 11.8 Å². The average molecular weight is 296 g/mol. The first kappa shape index (κ1) is 16.8. The van der Waals surface area contributed by atoms with Crippen molar-refractivity contribution in [3.63, 3.8) is 0 Å². The van der Waals surface area contributed by atoms with Crippen LogP contribution in [0.5, 0.6) is 0 Å². The molecule has 0 radical (unpaired) electrons. The number of piperidine rings is 1. The zero-order chi connectivity index (χ0) is 15.6. The summed E-state index contributed by atoms with van der Waals surface area (Å²) in [4.78, 5) is 14.9. The second-order valence-corrected chi connectivity index (χ2v) is 7.51. The molecule has 1 N–H and O–H groups in total. The molecule has 2 aliphatic rings. The second-order valence-electron chi connectivity index (χ2n) is 7.51. The van der Waals surface area contributed by atoms with Crippen molar-refractivity contribution in [3.05, 3.63) is 0 Å². The van der Waals surface area contributed by atoms with Crippen molar-refractivity contribution >= 4 is 5.97 Å². The molecule has 0 aromatic carbocycles. The fourth-order valence-electron chi connectivity index (χ4n) is 4.08. The number of likely N-dealkylation sites (tertiary alicyclic amines) is 1. The largest absolute Gasteiger partial charge is 0.468 e. The van der Waals surface area contributed by atoms with Crippen LogP contribution in [0.25, 0.3) is 0 Å². The summed E-state index contributed by atoms with van der Waals surface area (Å²) in [6, 6.07) is 0.813. The monoisotopic (exact) mass is 296 g/mol. The first-order valence-corrected chi connectivity index (χ1v) is 8.48. The van der Waals surface area contributed by atoms with Gasteiger partial charge in [-0.2, -0.15) is 0 Å². The summed E-state index contributed by atoms with van der Waals surface area (Å²) in [6.45, 7) is 11.3. The van der Waals surface area contributed by atoms with Crippen molar-refractivity contribution in [1.82, 2.24) is 10.2 Å². The third kappa shape index (κ3) is 3.59. The van der Waals surface area contributed by atoms with Gasteiger partial charge in [0.25, 0.3) is 0 Å². The predicted octanol–water partition coefficient (Wildman–Crippen LogP) is 2.43. The normalized spacial score (nSPS) is 37.9. The van der Waals surface area contributed by atoms with Gasteiger partial charge < -0.3 is 9.64 Å². The number of hydrogen-bond acceptors (Lipinski definition) is 4. The molecule has 2 rings (SSSR count). The summed E-state index contributed by atoms with van der Waals surface area (Å²) in [6.07, 6.45) is 4.15. The van der Waals surface area contributed by atoms with Gasteiger partial charge >= 0.3 is 5.97 Å². The SMILES string of the molecule is COC(=O)C1(NC(C)C)CCC(N2CCC(C)C(C)C2)C1. The topological polar surface area (TPSA) is 41.6 Å². The zero-order valence-corrected chi connectivity index (χ0v) is 14.3. The smallest absolute Gasteiger partial charge is 0.326 e. The van der Waals surface area contributed by atoms with Crippen molar-refractivity contribution in [3.8, 4) is 0 Å². The number of carbonyl (C=O) groups is 1. The molecule has 122 valence electrons. The molecule has 2 fully saturated rings. The lowest BCUT2D eigenvalue weighted by Gasteiger charge is -2.39. The summed E-state index contributed by atoms with van der Waals surface area (Å²) in [5.41, 5.74) is -0.472. The van der Waals surface area contributed by atoms with Crippen LogP contribution in [0.3, 0.4) is 0 Å². The van der Waals surface area contributed by atoms with E-state index < -0.39 is 5.54 Å². The third-order valence-corrected chi connectivity index (χ3v) is 5.51. The third-order valence-electron chi connectivity index (χ3n) is 5.51. The molecule has 4 atom stereocenters. The number of carbonyl (C=O) groups excluding carboxylic acids is 1. The lowest BCUT2D eigenvalue weighted by molar-refractivity contribution is -0.149. The van der Waals surface area contributed by atoms with Crippen LogP contribution < -0.4 is 5.32 Å². The number of hydrogen-bond donors (Lipinski definition) is 1. The molecule has 1 saturated carbocycles. The molecule has 1 heterocycles. The van der Waals surface area contributed by atoms with Gasteiger partial charge in [0, 0.05) is 18.6 Å². The molecule has 0 amide bonds. The Morgan fingerprint density at radius 2 is 2.00 bits per heavy atom. The van der Waals surface area contributed by atoms with Crippen LogP contribution in [0.1, 0.15) is 53.4 Å². The van der Waals surface area contributed by atoms with E-state index in [4.69, 9.17) is 4.74 Å². The zero-order valence-electron chi connectivity index (χ0n) is 14.3. The fraction of sp³-hybridized carbons (Fsp3) is 0.941. The minimum atomic E-state index is -0.472. The first-order chi connectivity index (χ1) is 9.88. The van der Waals surface area contributed by atoms with Crippen molar-refractivity contribution in [2.45, 2.75) is 71.0 Å². The molecule has 4 heteroatoms. The molecule has 1 saturated heterocycles. The Bertz CT molecular complexity index is 372. The average Bonchev–Trinajstić information content (AvgIpc) is 2.85. The van der Waals surface area contributed by atoms with E-state index in [2.05, 4.69) is 37.9 Å². The van der Waals surface area contributed by atoms with Crippen LogP contribution >= 0.6 is 0 Å². The Labute approximate surface area is 129 Å². The molecule has 21 heavy (non-hydrogen) atoms. The van der Waals surface area contributed by atoms with Gasteiger partial charge in [-0.05, 0) is 57.9 Å². The predicted molar refractivity (Wildman–Crippen MR) is 85.2 cm³/mol. The second kappa shape index (κ2) is 6.66. The fourth-order valence-corrected chi connectivity index (χ4v) is 4.08. The van der Waals surface area contributed by atoms with Crippen LogP contribution in [-0.2, 0) is 9.53 Å². The minimum Gasteiger partial charge on any atom is -0.468 e. The molecule has 4 nitrogen and oxygen atoms in total. The maximum atomic E-state index is 12.3. The molecule has 0 aromatic rings. The van der Waals surface area contributed by atoms with Crippen molar-refractivity contribution in [1.29, 1.82) is 0 Å². The summed E-state index contributed by atoms with van der Waals surface area (Å²) < 4.78 is 5.09. The number of nitrogens with one attached hydrogen (secondary N) is 1. The molecule has 0 bridgehead atoms. The molecule has 4 unspecified atom stereocenters. The van der Waals surface area contributed by atoms with E-state index in [1.54, 1.807) is 0 Å². The van der Waals surface area contributed by atoms with E-state index >= 15 is 0 Å². The van der Waals surface area contributed by atoms with E-state index in [0.29, 0.717) is 12.1 Å². The van der Waals surface area contributed by atoms with Crippen molar-refractivity contribution < 1.29 is 9.53 Å². The molecule has 1 aliphatic carbocycles. The van der Waals surface area contributed by atoms with Gasteiger partial charge in [0.2, 0.25) is 0 Å². The maximum absolute atomic E-state index is 12.3. The first-order valence-electron chi connectivity index (χ1n) is 8.48. The number of rotatable bonds is 4. The van der Waals surface area contributed by atoms with Gasteiger partial charge in [-0.3, -0.25) is 10.1 Å². The highest BCUT2D eigenvalue weighted by Crippen LogP contribution is 2.37. The highest BCUT2D eigenvalue weighted by Gasteiger charge is 2.48. The number of nitrogens with zero attached hydrogens (tertiary/aromatic N) is 1. The Morgan fingerprint density at radius 1 is 1.29 bits per heavy atom. The van der Waals surface area contributed by atoms with Crippen molar-refractivity contribution in [2.75, 3.05) is 20.2 Å². The molecule has 0 aromatic heterocycles. The Balaban J connectivity index is 2.04. The summed E-state index contributed by atoms with van der Waals surface area (Å²) in [5, 5.41) is 3.49. The van der Waals surface area contributed by atoms with E-state index in [1.807, 2.05) is 0 Å². The number of ether oxygens (including phenoxy) is 1. The van der Waals surface area contributed by atoms with E-state index in [9.17, 15) is 4.79 Å². The molecule has 1 aliphatic heterocycles. The number of methoxy groups -OCH3 is 1.